The van der Waals surface area contributed by atoms with Crippen molar-refractivity contribution >= 4 is 47.2 Å². The molecular weight excluding hydrogens is 491 g/mol. The van der Waals surface area contributed by atoms with Gasteiger partial charge in [-0.3, -0.25) is 4.40 Å². The van der Waals surface area contributed by atoms with E-state index in [1.165, 1.54) is 0 Å². The quantitative estimate of drug-likeness (QED) is 0.287. The lowest BCUT2D eigenvalue weighted by Crippen LogP contribution is -2.39. The molecule has 0 fully saturated rings. The molecule has 9 heteroatoms. The van der Waals surface area contributed by atoms with Gasteiger partial charge in [-0.15, -0.1) is 34.2 Å². The first-order chi connectivity index (χ1) is 13.2. The first-order valence-corrected chi connectivity index (χ1v) is 9.18. The summed E-state index contributed by atoms with van der Waals surface area (Å²) in [5.41, 5.74) is 1.82. The van der Waals surface area contributed by atoms with E-state index in [-0.39, 0.29) is 30.1 Å². The molecule has 0 aliphatic heterocycles. The second-order valence-electron chi connectivity index (χ2n) is 5.90. The van der Waals surface area contributed by atoms with Crippen LogP contribution < -0.4 is 10.6 Å². The van der Waals surface area contributed by atoms with Gasteiger partial charge in [-0.2, -0.15) is 0 Å². The molecule has 2 aromatic heterocycles. The van der Waals surface area contributed by atoms with Crippen molar-refractivity contribution in [1.29, 1.82) is 0 Å². The van der Waals surface area contributed by atoms with E-state index in [1.54, 1.807) is 7.11 Å². The number of nitrogens with zero attached hydrogens (tertiary/aromatic N) is 4. The number of guanidine groups is 1. The third kappa shape index (κ3) is 5.79. The Morgan fingerprint density at radius 2 is 2.07 bits per heavy atom. The predicted molar refractivity (Wildman–Crippen MR) is 122 cm³/mol. The van der Waals surface area contributed by atoms with Crippen LogP contribution in [0.3, 0.4) is 0 Å². The number of halogens is 2. The Labute approximate surface area is 186 Å². The number of aliphatic imine (C=N–C) groups is 1. The number of aromatic nitrogens is 3. The second kappa shape index (κ2) is 11.2. The number of hydrogen-bond acceptors (Lipinski definition) is 4. The van der Waals surface area contributed by atoms with Gasteiger partial charge in [0.1, 0.15) is 6.54 Å². The van der Waals surface area contributed by atoms with E-state index in [0.717, 1.165) is 23.6 Å². The molecule has 0 saturated carbocycles. The topological polar surface area (TPSA) is 75.8 Å². The minimum absolute atomic E-state index is 0. The van der Waals surface area contributed by atoms with Crippen molar-refractivity contribution in [1.82, 2.24) is 25.2 Å². The molecule has 0 aliphatic rings. The summed E-state index contributed by atoms with van der Waals surface area (Å²) in [5, 5.41) is 15.6. The third-order valence-electron chi connectivity index (χ3n) is 4.07. The first kappa shape index (κ1) is 22.4. The fourth-order valence-electron chi connectivity index (χ4n) is 2.72. The molecule has 0 spiro atoms. The minimum atomic E-state index is -0.138. The Morgan fingerprint density at radius 3 is 2.82 bits per heavy atom. The van der Waals surface area contributed by atoms with E-state index in [2.05, 4.69) is 25.8 Å². The number of rotatable bonds is 7. The van der Waals surface area contributed by atoms with Crippen molar-refractivity contribution in [2.24, 2.45) is 4.99 Å². The summed E-state index contributed by atoms with van der Waals surface area (Å²) < 4.78 is 7.53. The highest BCUT2D eigenvalue weighted by Crippen LogP contribution is 2.19. The zero-order chi connectivity index (χ0) is 19.1. The van der Waals surface area contributed by atoms with E-state index in [1.807, 2.05) is 60.0 Å². The van der Waals surface area contributed by atoms with E-state index < -0.39 is 0 Å². The molecule has 3 aromatic rings. The Hall–Kier alpha value is -1.91. The number of benzene rings is 1. The smallest absolute Gasteiger partial charge is 0.191 e. The highest BCUT2D eigenvalue weighted by Gasteiger charge is 2.12. The number of fused-ring (bicyclic) bond motifs is 1. The van der Waals surface area contributed by atoms with Crippen LogP contribution in [-0.2, 0) is 11.3 Å². The first-order valence-electron chi connectivity index (χ1n) is 8.80. The molecule has 0 radical (unpaired) electrons. The number of nitrogens with one attached hydrogen (secondary N) is 2. The van der Waals surface area contributed by atoms with Gasteiger partial charge in [-0.05, 0) is 36.8 Å². The fraction of sp³-hybridized carbons (Fsp3) is 0.316. The van der Waals surface area contributed by atoms with Gasteiger partial charge in [0.25, 0.3) is 0 Å². The molecule has 1 atom stereocenters. The summed E-state index contributed by atoms with van der Waals surface area (Å²) >= 11 is 6.09. The second-order valence-corrected chi connectivity index (χ2v) is 6.34. The Morgan fingerprint density at radius 1 is 1.21 bits per heavy atom. The van der Waals surface area contributed by atoms with Gasteiger partial charge in [0.2, 0.25) is 0 Å². The van der Waals surface area contributed by atoms with Crippen LogP contribution in [0.5, 0.6) is 0 Å². The fourth-order valence-corrected chi connectivity index (χ4v) is 2.92. The summed E-state index contributed by atoms with van der Waals surface area (Å²) in [6, 6.07) is 13.5. The SMILES string of the molecule is CCNC(=NCc1nnc2ccccn12)NCC(OC)c1cccc(Cl)c1.I. The molecular formula is C19H24ClIN6O. The zero-order valence-corrected chi connectivity index (χ0v) is 18.9. The van der Waals surface area contributed by atoms with E-state index in [9.17, 15) is 0 Å². The number of ether oxygens (including phenoxy) is 1. The van der Waals surface area contributed by atoms with Gasteiger partial charge in [0.05, 0.1) is 6.10 Å². The average molecular weight is 515 g/mol. The third-order valence-corrected chi connectivity index (χ3v) is 4.30. The monoisotopic (exact) mass is 514 g/mol. The summed E-state index contributed by atoms with van der Waals surface area (Å²) in [4.78, 5) is 4.61. The lowest BCUT2D eigenvalue weighted by Gasteiger charge is -2.19. The molecule has 150 valence electrons. The Kier molecular flexibility index (Phi) is 8.94. The van der Waals surface area contributed by atoms with Gasteiger partial charge in [-0.1, -0.05) is 29.8 Å². The zero-order valence-electron chi connectivity index (χ0n) is 15.8. The largest absolute Gasteiger partial charge is 0.375 e. The molecule has 3 rings (SSSR count). The molecule has 28 heavy (non-hydrogen) atoms. The van der Waals surface area contributed by atoms with Crippen molar-refractivity contribution in [3.63, 3.8) is 0 Å². The van der Waals surface area contributed by atoms with E-state index >= 15 is 0 Å². The van der Waals surface area contributed by atoms with Crippen molar-refractivity contribution in [2.45, 2.75) is 19.6 Å². The van der Waals surface area contributed by atoms with Gasteiger partial charge < -0.3 is 15.4 Å². The maximum Gasteiger partial charge on any atom is 0.191 e. The van der Waals surface area contributed by atoms with Crippen LogP contribution in [0.4, 0.5) is 0 Å². The summed E-state index contributed by atoms with van der Waals surface area (Å²) in [5.74, 6) is 1.47. The van der Waals surface area contributed by atoms with Crippen LogP contribution in [-0.4, -0.2) is 40.8 Å². The predicted octanol–water partition coefficient (Wildman–Crippen LogP) is 3.44. The molecule has 2 heterocycles. The maximum absolute atomic E-state index is 6.09. The van der Waals surface area contributed by atoms with Gasteiger partial charge in [-0.25, -0.2) is 4.99 Å². The van der Waals surface area contributed by atoms with Gasteiger partial charge in [0.15, 0.2) is 17.4 Å². The standard InChI is InChI=1S/C19H23ClN6O.HI/c1-3-21-19(22-12-16(27-2)14-7-6-8-15(20)11-14)23-13-18-25-24-17-9-4-5-10-26(17)18;/h4-11,16H,3,12-13H2,1-2H3,(H2,21,22,23);1H. The molecule has 1 unspecified atom stereocenters. The normalized spacial score (nSPS) is 12.5. The summed E-state index contributed by atoms with van der Waals surface area (Å²) in [6.45, 7) is 3.74. The highest BCUT2D eigenvalue weighted by atomic mass is 127. The Balaban J connectivity index is 0.00000280. The van der Waals surface area contributed by atoms with Gasteiger partial charge in [0, 0.05) is 31.4 Å². The van der Waals surface area contributed by atoms with Crippen LogP contribution in [0, 0.1) is 0 Å². The number of pyridine rings is 1. The van der Waals surface area contributed by atoms with Crippen LogP contribution in [0.25, 0.3) is 5.65 Å². The molecule has 0 saturated heterocycles. The van der Waals surface area contributed by atoms with Crippen LogP contribution in [0.1, 0.15) is 24.4 Å². The number of hydrogen-bond donors (Lipinski definition) is 2. The minimum Gasteiger partial charge on any atom is -0.375 e. The van der Waals surface area contributed by atoms with Crippen molar-refractivity contribution in [3.8, 4) is 0 Å². The molecule has 1 aromatic carbocycles. The molecule has 0 aliphatic carbocycles. The maximum atomic E-state index is 6.09. The molecule has 0 amide bonds. The van der Waals surface area contributed by atoms with Crippen LogP contribution >= 0.6 is 35.6 Å². The number of methoxy groups -OCH3 is 1. The van der Waals surface area contributed by atoms with Crippen molar-refractivity contribution in [3.05, 3.63) is 65.1 Å². The van der Waals surface area contributed by atoms with Crippen molar-refractivity contribution < 1.29 is 4.74 Å². The lowest BCUT2D eigenvalue weighted by molar-refractivity contribution is 0.106. The average Bonchev–Trinajstić information content (AvgIpc) is 3.10. The summed E-state index contributed by atoms with van der Waals surface area (Å²) in [7, 11) is 1.68. The van der Waals surface area contributed by atoms with E-state index in [0.29, 0.717) is 24.1 Å². The lowest BCUT2D eigenvalue weighted by atomic mass is 10.1. The van der Waals surface area contributed by atoms with Crippen molar-refractivity contribution in [2.75, 3.05) is 20.2 Å². The summed E-state index contributed by atoms with van der Waals surface area (Å²) in [6.07, 6.45) is 1.79. The Bertz CT molecular complexity index is 916. The van der Waals surface area contributed by atoms with E-state index in [4.69, 9.17) is 16.3 Å². The van der Waals surface area contributed by atoms with Gasteiger partial charge >= 0.3 is 0 Å². The molecule has 0 bridgehead atoms. The molecule has 2 N–H and O–H groups in total. The molecule has 7 nitrogen and oxygen atoms in total. The highest BCUT2D eigenvalue weighted by molar-refractivity contribution is 14.0. The van der Waals surface area contributed by atoms with Crippen LogP contribution in [0.15, 0.2) is 53.7 Å². The van der Waals surface area contributed by atoms with Crippen LogP contribution in [0.2, 0.25) is 5.02 Å².